The van der Waals surface area contributed by atoms with Gasteiger partial charge in [0.1, 0.15) is 0 Å². The second-order valence-electron chi connectivity index (χ2n) is 9.65. The lowest BCUT2D eigenvalue weighted by Crippen LogP contribution is -2.51. The zero-order chi connectivity index (χ0) is 18.7. The maximum atomic E-state index is 6.67. The normalized spacial score (nSPS) is 16.8. The predicted molar refractivity (Wildman–Crippen MR) is 108 cm³/mol. The van der Waals surface area contributed by atoms with Crippen molar-refractivity contribution in [2.75, 3.05) is 0 Å². The number of hydrogen-bond donors (Lipinski definition) is 0. The summed E-state index contributed by atoms with van der Waals surface area (Å²) in [4.78, 5) is 0. The summed E-state index contributed by atoms with van der Waals surface area (Å²) < 4.78 is 13.3. The van der Waals surface area contributed by atoms with Gasteiger partial charge in [0, 0.05) is 6.42 Å². The standard InChI is InChI=1S/C19H40O2Si2/c1-13-15-17(21-23(11,12)19(6,7)8)16(14-2)20-22(9,10)18(3,4)5/h1,16-17H,14-15H2,2-12H3/t16-,17-/m0/s1. The lowest BCUT2D eigenvalue weighted by atomic mass is 10.1. The zero-order valence-corrected chi connectivity index (χ0v) is 19.5. The number of hydrogen-bond acceptors (Lipinski definition) is 2. The first-order chi connectivity index (χ1) is 10.1. The summed E-state index contributed by atoms with van der Waals surface area (Å²) in [5, 5.41) is 0.368. The summed E-state index contributed by atoms with van der Waals surface area (Å²) in [5.74, 6) is 2.81. The molecule has 0 radical (unpaired) electrons. The van der Waals surface area contributed by atoms with Crippen molar-refractivity contribution in [2.45, 2.75) is 110 Å². The Bertz CT molecular complexity index is 409. The average Bonchev–Trinajstić information content (AvgIpc) is 2.32. The summed E-state index contributed by atoms with van der Waals surface area (Å²) >= 11 is 0. The molecule has 0 spiro atoms. The molecular weight excluding hydrogens is 316 g/mol. The Balaban J connectivity index is 5.38. The van der Waals surface area contributed by atoms with Crippen LogP contribution in [0, 0.1) is 12.3 Å². The lowest BCUT2D eigenvalue weighted by Gasteiger charge is -2.44. The van der Waals surface area contributed by atoms with Gasteiger partial charge < -0.3 is 8.85 Å². The molecule has 0 saturated heterocycles. The first-order valence-corrected chi connectivity index (χ1v) is 14.7. The molecule has 0 bridgehead atoms. The smallest absolute Gasteiger partial charge is 0.192 e. The van der Waals surface area contributed by atoms with Gasteiger partial charge in [0.15, 0.2) is 16.6 Å². The Labute approximate surface area is 148 Å². The van der Waals surface area contributed by atoms with Gasteiger partial charge in [0.25, 0.3) is 0 Å². The van der Waals surface area contributed by atoms with Crippen LogP contribution in [0.1, 0.15) is 61.3 Å². The molecule has 0 heterocycles. The number of terminal acetylenes is 1. The molecule has 0 rings (SSSR count). The van der Waals surface area contributed by atoms with E-state index < -0.39 is 16.6 Å². The van der Waals surface area contributed by atoms with Gasteiger partial charge in [-0.1, -0.05) is 48.5 Å². The molecule has 0 aliphatic carbocycles. The van der Waals surface area contributed by atoms with Gasteiger partial charge in [-0.3, -0.25) is 0 Å². The molecule has 0 aliphatic rings. The van der Waals surface area contributed by atoms with Crippen LogP contribution in [0.15, 0.2) is 0 Å². The van der Waals surface area contributed by atoms with Gasteiger partial charge in [-0.15, -0.1) is 12.3 Å². The SMILES string of the molecule is C#CC[C@H](O[Si](C)(C)C(C)(C)C)[C@H](CC)O[Si](C)(C)C(C)(C)C. The van der Waals surface area contributed by atoms with Gasteiger partial charge >= 0.3 is 0 Å². The minimum Gasteiger partial charge on any atom is -0.411 e. The highest BCUT2D eigenvalue weighted by atomic mass is 28.4. The summed E-state index contributed by atoms with van der Waals surface area (Å²) in [6.45, 7) is 25.0. The monoisotopic (exact) mass is 356 g/mol. The van der Waals surface area contributed by atoms with E-state index in [1.807, 2.05) is 0 Å². The van der Waals surface area contributed by atoms with E-state index in [0.29, 0.717) is 6.42 Å². The molecule has 2 atom stereocenters. The maximum Gasteiger partial charge on any atom is 0.192 e. The minimum absolute atomic E-state index is 0.0000154. The molecule has 0 N–H and O–H groups in total. The van der Waals surface area contributed by atoms with Crippen LogP contribution < -0.4 is 0 Å². The van der Waals surface area contributed by atoms with Crippen LogP contribution in [-0.4, -0.2) is 28.8 Å². The highest BCUT2D eigenvalue weighted by Gasteiger charge is 2.44. The first kappa shape index (κ1) is 22.9. The third-order valence-electron chi connectivity index (χ3n) is 5.64. The fourth-order valence-electron chi connectivity index (χ4n) is 1.90. The second-order valence-corrected chi connectivity index (χ2v) is 19.2. The van der Waals surface area contributed by atoms with E-state index in [0.717, 1.165) is 6.42 Å². The molecular formula is C19H40O2Si2. The van der Waals surface area contributed by atoms with Gasteiger partial charge in [-0.05, 0) is 42.7 Å². The van der Waals surface area contributed by atoms with Crippen LogP contribution in [0.4, 0.5) is 0 Å². The van der Waals surface area contributed by atoms with Crippen molar-refractivity contribution >= 4 is 16.6 Å². The van der Waals surface area contributed by atoms with Crippen LogP contribution in [0.3, 0.4) is 0 Å². The molecule has 23 heavy (non-hydrogen) atoms. The van der Waals surface area contributed by atoms with Crippen molar-refractivity contribution in [3.8, 4) is 12.3 Å². The van der Waals surface area contributed by atoms with Crippen LogP contribution in [0.5, 0.6) is 0 Å². The lowest BCUT2D eigenvalue weighted by molar-refractivity contribution is 0.0362. The highest BCUT2D eigenvalue weighted by Crippen LogP contribution is 2.41. The molecule has 0 aromatic carbocycles. The maximum absolute atomic E-state index is 6.67. The molecule has 2 nitrogen and oxygen atoms in total. The van der Waals surface area contributed by atoms with E-state index >= 15 is 0 Å². The molecule has 0 fully saturated rings. The Hall–Kier alpha value is -0.0862. The van der Waals surface area contributed by atoms with Gasteiger partial charge in [0.05, 0.1) is 12.2 Å². The van der Waals surface area contributed by atoms with Crippen LogP contribution in [0.2, 0.25) is 36.3 Å². The van der Waals surface area contributed by atoms with Crippen molar-refractivity contribution in [1.82, 2.24) is 0 Å². The van der Waals surface area contributed by atoms with E-state index in [9.17, 15) is 0 Å². The highest BCUT2D eigenvalue weighted by molar-refractivity contribution is 6.74. The predicted octanol–water partition coefficient (Wildman–Crippen LogP) is 6.20. The van der Waals surface area contributed by atoms with Gasteiger partial charge in [-0.25, -0.2) is 0 Å². The quantitative estimate of drug-likeness (QED) is 0.399. The van der Waals surface area contributed by atoms with Crippen LogP contribution in [0.25, 0.3) is 0 Å². The molecule has 0 saturated carbocycles. The topological polar surface area (TPSA) is 18.5 Å². The van der Waals surface area contributed by atoms with Crippen molar-refractivity contribution < 1.29 is 8.85 Å². The van der Waals surface area contributed by atoms with Crippen LogP contribution in [-0.2, 0) is 8.85 Å². The molecule has 0 amide bonds. The van der Waals surface area contributed by atoms with Crippen molar-refractivity contribution in [3.63, 3.8) is 0 Å². The van der Waals surface area contributed by atoms with Gasteiger partial charge in [-0.2, -0.15) is 0 Å². The van der Waals surface area contributed by atoms with Gasteiger partial charge in [0.2, 0.25) is 0 Å². The molecule has 0 unspecified atom stereocenters. The third kappa shape index (κ3) is 6.38. The van der Waals surface area contributed by atoms with E-state index in [-0.39, 0.29) is 22.3 Å². The largest absolute Gasteiger partial charge is 0.411 e. The molecule has 4 heteroatoms. The van der Waals surface area contributed by atoms with E-state index in [1.54, 1.807) is 0 Å². The first-order valence-electron chi connectivity index (χ1n) is 8.88. The minimum atomic E-state index is -1.87. The van der Waals surface area contributed by atoms with Crippen molar-refractivity contribution in [2.24, 2.45) is 0 Å². The second kappa shape index (κ2) is 7.86. The fraction of sp³-hybridized carbons (Fsp3) is 0.895. The Morgan fingerprint density at radius 2 is 1.17 bits per heavy atom. The van der Waals surface area contributed by atoms with E-state index in [1.165, 1.54) is 0 Å². The fourth-order valence-corrected chi connectivity index (χ4v) is 4.67. The third-order valence-corrected chi connectivity index (χ3v) is 14.6. The van der Waals surface area contributed by atoms with Crippen molar-refractivity contribution in [3.05, 3.63) is 0 Å². The summed E-state index contributed by atoms with van der Waals surface area (Å²) in [7, 11) is -3.70. The summed E-state index contributed by atoms with van der Waals surface area (Å²) in [6.07, 6.45) is 7.29. The summed E-state index contributed by atoms with van der Waals surface area (Å²) in [5.41, 5.74) is 0. The Kier molecular flexibility index (Phi) is 7.83. The Morgan fingerprint density at radius 1 is 0.826 bits per heavy atom. The number of rotatable bonds is 7. The Morgan fingerprint density at radius 3 is 1.43 bits per heavy atom. The molecule has 0 aliphatic heterocycles. The van der Waals surface area contributed by atoms with Crippen molar-refractivity contribution in [1.29, 1.82) is 0 Å². The van der Waals surface area contributed by atoms with Crippen LogP contribution >= 0.6 is 0 Å². The average molecular weight is 357 g/mol. The molecule has 136 valence electrons. The molecule has 0 aromatic heterocycles. The molecule has 0 aromatic rings. The van der Waals surface area contributed by atoms with E-state index in [4.69, 9.17) is 15.3 Å². The zero-order valence-electron chi connectivity index (χ0n) is 17.5. The van der Waals surface area contributed by atoms with E-state index in [2.05, 4.69) is 80.6 Å². The summed E-state index contributed by atoms with van der Waals surface area (Å²) in [6, 6.07) is 0.